The van der Waals surface area contributed by atoms with Gasteiger partial charge in [0.15, 0.2) is 0 Å². The number of amides is 1. The summed E-state index contributed by atoms with van der Waals surface area (Å²) < 4.78 is 2.19. The van der Waals surface area contributed by atoms with Gasteiger partial charge in [-0.05, 0) is 37.0 Å². The van der Waals surface area contributed by atoms with E-state index in [0.717, 1.165) is 47.4 Å². The van der Waals surface area contributed by atoms with Crippen LogP contribution in [0.15, 0.2) is 42.7 Å². The molecular formula is C20H22N4O. The summed E-state index contributed by atoms with van der Waals surface area (Å²) in [7, 11) is 0. The first-order valence-corrected chi connectivity index (χ1v) is 8.93. The number of carbonyl (C=O) groups is 1. The van der Waals surface area contributed by atoms with Gasteiger partial charge in [0.05, 0.1) is 17.6 Å². The van der Waals surface area contributed by atoms with Crippen LogP contribution in [0, 0.1) is 0 Å². The van der Waals surface area contributed by atoms with Crippen molar-refractivity contribution in [1.82, 2.24) is 19.9 Å². The Labute approximate surface area is 147 Å². The molecule has 0 fully saturated rings. The van der Waals surface area contributed by atoms with Gasteiger partial charge >= 0.3 is 0 Å². The van der Waals surface area contributed by atoms with Crippen LogP contribution >= 0.6 is 0 Å². The molecule has 1 aliphatic heterocycles. The molecular weight excluding hydrogens is 312 g/mol. The van der Waals surface area contributed by atoms with Crippen molar-refractivity contribution in [3.63, 3.8) is 0 Å². The predicted octanol–water partition coefficient (Wildman–Crippen LogP) is 2.67. The summed E-state index contributed by atoms with van der Waals surface area (Å²) in [6, 6.07) is 10.2. The summed E-state index contributed by atoms with van der Waals surface area (Å²) in [6.45, 7) is 1.64. The molecule has 3 heterocycles. The molecule has 0 atom stereocenters. The molecule has 0 aliphatic carbocycles. The maximum Gasteiger partial charge on any atom is 0.226 e. The van der Waals surface area contributed by atoms with Gasteiger partial charge in [0.2, 0.25) is 5.91 Å². The third kappa shape index (κ3) is 3.71. The molecule has 25 heavy (non-hydrogen) atoms. The van der Waals surface area contributed by atoms with Crippen molar-refractivity contribution in [2.24, 2.45) is 0 Å². The molecule has 5 heteroatoms. The van der Waals surface area contributed by atoms with E-state index in [2.05, 4.69) is 32.0 Å². The Morgan fingerprint density at radius 3 is 3.08 bits per heavy atom. The van der Waals surface area contributed by atoms with E-state index in [0.29, 0.717) is 13.0 Å². The molecule has 3 aromatic rings. The van der Waals surface area contributed by atoms with E-state index in [9.17, 15) is 4.79 Å². The number of aryl methyl sites for hydroxylation is 2. The molecule has 0 radical (unpaired) electrons. The van der Waals surface area contributed by atoms with Crippen LogP contribution in [0.2, 0.25) is 0 Å². The van der Waals surface area contributed by atoms with E-state index in [4.69, 9.17) is 0 Å². The quantitative estimate of drug-likeness (QED) is 0.780. The second-order valence-corrected chi connectivity index (χ2v) is 6.61. The molecule has 1 aromatic carbocycles. The Balaban J connectivity index is 1.30. The van der Waals surface area contributed by atoms with Crippen LogP contribution in [0.3, 0.4) is 0 Å². The van der Waals surface area contributed by atoms with E-state index in [1.54, 1.807) is 0 Å². The third-order valence-electron chi connectivity index (χ3n) is 4.68. The Morgan fingerprint density at radius 2 is 2.16 bits per heavy atom. The van der Waals surface area contributed by atoms with E-state index in [-0.39, 0.29) is 5.91 Å². The maximum absolute atomic E-state index is 12.2. The van der Waals surface area contributed by atoms with E-state index in [1.807, 2.05) is 30.6 Å². The Hall–Kier alpha value is -2.69. The minimum Gasteiger partial charge on any atom is -0.355 e. The molecule has 128 valence electrons. The number of nitrogens with one attached hydrogen (secondary N) is 1. The van der Waals surface area contributed by atoms with Crippen LogP contribution in [0.5, 0.6) is 0 Å². The number of pyridine rings is 1. The maximum atomic E-state index is 12.2. The molecule has 0 bridgehead atoms. The van der Waals surface area contributed by atoms with Crippen molar-refractivity contribution >= 4 is 16.8 Å². The van der Waals surface area contributed by atoms with Crippen LogP contribution in [-0.4, -0.2) is 27.0 Å². The monoisotopic (exact) mass is 334 g/mol. The topological polar surface area (TPSA) is 59.8 Å². The van der Waals surface area contributed by atoms with Crippen LogP contribution in [0.1, 0.15) is 29.9 Å². The molecule has 2 aromatic heterocycles. The number of fused-ring (bicyclic) bond motifs is 2. The molecule has 4 rings (SSSR count). The minimum atomic E-state index is 0.0317. The first kappa shape index (κ1) is 15.8. The normalized spacial score (nSPS) is 13.6. The third-order valence-corrected chi connectivity index (χ3v) is 4.68. The number of para-hydroxylation sites is 1. The van der Waals surface area contributed by atoms with Gasteiger partial charge in [-0.1, -0.05) is 18.2 Å². The van der Waals surface area contributed by atoms with Gasteiger partial charge in [-0.25, -0.2) is 4.98 Å². The molecule has 0 unspecified atom stereocenters. The fourth-order valence-corrected chi connectivity index (χ4v) is 3.38. The zero-order chi connectivity index (χ0) is 17.1. The standard InChI is InChI=1S/C20H22N4O/c25-20(12-17-14-24-10-4-3-7-19(24)23-17)21-9-8-15-11-16-5-1-2-6-18(16)22-13-15/h1-2,5-6,11,13-14H,3-4,7-10,12H2,(H,21,25). The lowest BCUT2D eigenvalue weighted by Gasteiger charge is -2.11. The van der Waals surface area contributed by atoms with Crippen LogP contribution in [0.4, 0.5) is 0 Å². The van der Waals surface area contributed by atoms with Gasteiger partial charge in [0.25, 0.3) is 0 Å². The minimum absolute atomic E-state index is 0.0317. The molecule has 1 N–H and O–H groups in total. The highest BCUT2D eigenvalue weighted by molar-refractivity contribution is 5.79. The number of hydrogen-bond acceptors (Lipinski definition) is 3. The predicted molar refractivity (Wildman–Crippen MR) is 97.3 cm³/mol. The molecule has 0 spiro atoms. The van der Waals surface area contributed by atoms with Gasteiger partial charge in [0, 0.05) is 37.3 Å². The Morgan fingerprint density at radius 1 is 1.24 bits per heavy atom. The Bertz CT molecular complexity index is 876. The lowest BCUT2D eigenvalue weighted by Crippen LogP contribution is -2.27. The highest BCUT2D eigenvalue weighted by Gasteiger charge is 2.14. The number of rotatable bonds is 5. The number of aromatic nitrogens is 3. The van der Waals surface area contributed by atoms with Gasteiger partial charge in [-0.3, -0.25) is 9.78 Å². The average Bonchev–Trinajstić information content (AvgIpc) is 3.03. The smallest absolute Gasteiger partial charge is 0.226 e. The summed E-state index contributed by atoms with van der Waals surface area (Å²) >= 11 is 0. The molecule has 5 nitrogen and oxygen atoms in total. The second-order valence-electron chi connectivity index (χ2n) is 6.61. The number of hydrogen-bond donors (Lipinski definition) is 1. The average molecular weight is 334 g/mol. The van der Waals surface area contributed by atoms with E-state index < -0.39 is 0 Å². The zero-order valence-corrected chi connectivity index (χ0v) is 14.2. The lowest BCUT2D eigenvalue weighted by atomic mass is 10.1. The summed E-state index contributed by atoms with van der Waals surface area (Å²) in [5.74, 6) is 1.15. The number of nitrogens with zero attached hydrogens (tertiary/aromatic N) is 3. The first-order chi connectivity index (χ1) is 12.3. The largest absolute Gasteiger partial charge is 0.355 e. The second kappa shape index (κ2) is 7.05. The van der Waals surface area contributed by atoms with Gasteiger partial charge < -0.3 is 9.88 Å². The SMILES string of the molecule is O=C(Cc1cn2c(n1)CCCC2)NCCc1cnc2ccccc2c1. The molecule has 1 amide bonds. The zero-order valence-electron chi connectivity index (χ0n) is 14.2. The molecule has 0 saturated heterocycles. The van der Waals surface area contributed by atoms with Crippen molar-refractivity contribution in [2.45, 2.75) is 38.6 Å². The van der Waals surface area contributed by atoms with E-state index >= 15 is 0 Å². The van der Waals surface area contributed by atoms with Crippen LogP contribution in [-0.2, 0) is 30.6 Å². The summed E-state index contributed by atoms with van der Waals surface area (Å²) in [5.41, 5.74) is 3.01. The van der Waals surface area contributed by atoms with Crippen molar-refractivity contribution in [3.05, 3.63) is 59.8 Å². The number of imidazole rings is 1. The summed E-state index contributed by atoms with van der Waals surface area (Å²) in [6.07, 6.45) is 8.48. The van der Waals surface area contributed by atoms with Crippen LogP contribution in [0.25, 0.3) is 10.9 Å². The van der Waals surface area contributed by atoms with Crippen molar-refractivity contribution in [1.29, 1.82) is 0 Å². The van der Waals surface area contributed by atoms with Crippen molar-refractivity contribution < 1.29 is 4.79 Å². The lowest BCUT2D eigenvalue weighted by molar-refractivity contribution is -0.120. The van der Waals surface area contributed by atoms with Gasteiger partial charge in [0.1, 0.15) is 5.82 Å². The van der Waals surface area contributed by atoms with E-state index in [1.165, 1.54) is 12.8 Å². The van der Waals surface area contributed by atoms with Crippen molar-refractivity contribution in [3.8, 4) is 0 Å². The summed E-state index contributed by atoms with van der Waals surface area (Å²) in [4.78, 5) is 21.2. The van der Waals surface area contributed by atoms with Crippen LogP contribution < -0.4 is 5.32 Å². The number of benzene rings is 1. The van der Waals surface area contributed by atoms with Gasteiger partial charge in [-0.15, -0.1) is 0 Å². The fraction of sp³-hybridized carbons (Fsp3) is 0.350. The fourth-order valence-electron chi connectivity index (χ4n) is 3.38. The highest BCUT2D eigenvalue weighted by atomic mass is 16.1. The molecule has 0 saturated carbocycles. The Kier molecular flexibility index (Phi) is 4.46. The van der Waals surface area contributed by atoms with Gasteiger partial charge in [-0.2, -0.15) is 0 Å². The highest BCUT2D eigenvalue weighted by Crippen LogP contribution is 2.15. The number of carbonyl (C=O) groups excluding carboxylic acids is 1. The summed E-state index contributed by atoms with van der Waals surface area (Å²) in [5, 5.41) is 4.13. The van der Waals surface area contributed by atoms with Crippen molar-refractivity contribution in [2.75, 3.05) is 6.54 Å². The first-order valence-electron chi connectivity index (χ1n) is 8.93. The molecule has 1 aliphatic rings.